The first-order valence-corrected chi connectivity index (χ1v) is 6.52. The van der Waals surface area contributed by atoms with Crippen LogP contribution in [-0.2, 0) is 16.0 Å². The number of halogens is 2. The molecule has 0 saturated carbocycles. The molecule has 0 unspecified atom stereocenters. The SMILES string of the molecule is CC(C)N(CC(=O)O)C(=O)Cc1ccc(Cl)cc1Cl. The van der Waals surface area contributed by atoms with E-state index in [0.29, 0.717) is 15.6 Å². The summed E-state index contributed by atoms with van der Waals surface area (Å²) < 4.78 is 0. The predicted molar refractivity (Wildman–Crippen MR) is 74.7 cm³/mol. The predicted octanol–water partition coefficient (Wildman–Crippen LogP) is 2.86. The normalized spacial score (nSPS) is 10.6. The van der Waals surface area contributed by atoms with E-state index in [1.807, 2.05) is 0 Å². The van der Waals surface area contributed by atoms with Gasteiger partial charge in [-0.05, 0) is 31.5 Å². The van der Waals surface area contributed by atoms with Crippen LogP contribution in [0.5, 0.6) is 0 Å². The maximum absolute atomic E-state index is 12.1. The zero-order valence-corrected chi connectivity index (χ0v) is 12.2. The molecule has 1 N–H and O–H groups in total. The Hall–Kier alpha value is -1.26. The number of hydrogen-bond acceptors (Lipinski definition) is 2. The average Bonchev–Trinajstić information content (AvgIpc) is 2.29. The molecule has 0 spiro atoms. The van der Waals surface area contributed by atoms with Gasteiger partial charge in [0.15, 0.2) is 0 Å². The highest BCUT2D eigenvalue weighted by Crippen LogP contribution is 2.22. The molecular weight excluding hydrogens is 289 g/mol. The zero-order chi connectivity index (χ0) is 14.6. The number of aliphatic carboxylic acids is 1. The van der Waals surface area contributed by atoms with Crippen LogP contribution in [0.2, 0.25) is 10.0 Å². The van der Waals surface area contributed by atoms with Gasteiger partial charge in [0.1, 0.15) is 6.54 Å². The molecule has 104 valence electrons. The van der Waals surface area contributed by atoms with Gasteiger partial charge in [-0.2, -0.15) is 0 Å². The summed E-state index contributed by atoms with van der Waals surface area (Å²) in [7, 11) is 0. The molecule has 1 aromatic carbocycles. The van der Waals surface area contributed by atoms with Crippen molar-refractivity contribution in [2.75, 3.05) is 6.54 Å². The van der Waals surface area contributed by atoms with Gasteiger partial charge >= 0.3 is 5.97 Å². The Labute approximate surface area is 121 Å². The molecule has 0 saturated heterocycles. The summed E-state index contributed by atoms with van der Waals surface area (Å²) >= 11 is 11.8. The van der Waals surface area contributed by atoms with E-state index in [9.17, 15) is 9.59 Å². The van der Waals surface area contributed by atoms with Crippen molar-refractivity contribution in [3.8, 4) is 0 Å². The number of benzene rings is 1. The number of nitrogens with zero attached hydrogens (tertiary/aromatic N) is 1. The standard InChI is InChI=1S/C13H15Cl2NO3/c1-8(2)16(7-13(18)19)12(17)5-9-3-4-10(14)6-11(9)15/h3-4,6,8H,5,7H2,1-2H3,(H,18,19). The molecule has 0 aromatic heterocycles. The first-order chi connectivity index (χ1) is 8.81. The first kappa shape index (κ1) is 15.8. The molecule has 0 aliphatic heterocycles. The quantitative estimate of drug-likeness (QED) is 0.910. The molecule has 1 rings (SSSR count). The lowest BCUT2D eigenvalue weighted by Gasteiger charge is -2.25. The smallest absolute Gasteiger partial charge is 0.323 e. The fourth-order valence-corrected chi connectivity index (χ4v) is 2.11. The van der Waals surface area contributed by atoms with Gasteiger partial charge in [-0.3, -0.25) is 9.59 Å². The third kappa shape index (κ3) is 4.73. The average molecular weight is 304 g/mol. The first-order valence-electron chi connectivity index (χ1n) is 5.76. The maximum Gasteiger partial charge on any atom is 0.323 e. The molecule has 19 heavy (non-hydrogen) atoms. The summed E-state index contributed by atoms with van der Waals surface area (Å²) in [6.07, 6.45) is 0.0570. The van der Waals surface area contributed by atoms with E-state index >= 15 is 0 Å². The lowest BCUT2D eigenvalue weighted by atomic mass is 10.1. The molecule has 0 heterocycles. The van der Waals surface area contributed by atoms with Crippen molar-refractivity contribution in [2.24, 2.45) is 0 Å². The molecular formula is C13H15Cl2NO3. The van der Waals surface area contributed by atoms with Crippen molar-refractivity contribution in [3.63, 3.8) is 0 Å². The monoisotopic (exact) mass is 303 g/mol. The van der Waals surface area contributed by atoms with Crippen LogP contribution in [0.15, 0.2) is 18.2 Å². The Morgan fingerprint density at radius 1 is 1.32 bits per heavy atom. The lowest BCUT2D eigenvalue weighted by molar-refractivity contribution is -0.145. The Morgan fingerprint density at radius 2 is 1.95 bits per heavy atom. The lowest BCUT2D eigenvalue weighted by Crippen LogP contribution is -2.41. The van der Waals surface area contributed by atoms with Crippen molar-refractivity contribution < 1.29 is 14.7 Å². The summed E-state index contributed by atoms with van der Waals surface area (Å²) in [5.41, 5.74) is 0.632. The number of carboxylic acid groups (broad SMARTS) is 1. The van der Waals surface area contributed by atoms with Crippen molar-refractivity contribution in [2.45, 2.75) is 26.3 Å². The van der Waals surface area contributed by atoms with E-state index in [1.165, 1.54) is 4.90 Å². The second-order valence-corrected chi connectivity index (χ2v) is 5.27. The number of carbonyl (C=O) groups is 2. The van der Waals surface area contributed by atoms with Gasteiger partial charge in [0.2, 0.25) is 5.91 Å². The highest BCUT2D eigenvalue weighted by atomic mass is 35.5. The number of hydrogen-bond donors (Lipinski definition) is 1. The van der Waals surface area contributed by atoms with Crippen LogP contribution in [0, 0.1) is 0 Å². The van der Waals surface area contributed by atoms with Gasteiger partial charge in [0, 0.05) is 16.1 Å². The van der Waals surface area contributed by atoms with Gasteiger partial charge in [0.05, 0.1) is 6.42 Å². The van der Waals surface area contributed by atoms with Gasteiger partial charge in [-0.25, -0.2) is 0 Å². The number of carboxylic acids is 1. The Bertz CT molecular complexity index is 489. The maximum atomic E-state index is 12.1. The highest BCUT2D eigenvalue weighted by Gasteiger charge is 2.20. The van der Waals surface area contributed by atoms with Gasteiger partial charge in [-0.15, -0.1) is 0 Å². The topological polar surface area (TPSA) is 57.6 Å². The van der Waals surface area contributed by atoms with E-state index in [-0.39, 0.29) is 24.9 Å². The molecule has 4 nitrogen and oxygen atoms in total. The molecule has 6 heteroatoms. The third-order valence-electron chi connectivity index (χ3n) is 2.61. The second kappa shape index (κ2) is 6.78. The van der Waals surface area contributed by atoms with E-state index in [4.69, 9.17) is 28.3 Å². The van der Waals surface area contributed by atoms with Crippen LogP contribution in [0.3, 0.4) is 0 Å². The van der Waals surface area contributed by atoms with Gasteiger partial charge < -0.3 is 10.0 Å². The minimum atomic E-state index is -1.04. The van der Waals surface area contributed by atoms with Crippen molar-refractivity contribution in [1.29, 1.82) is 0 Å². The number of rotatable bonds is 5. The highest BCUT2D eigenvalue weighted by molar-refractivity contribution is 6.35. The Morgan fingerprint density at radius 3 is 2.42 bits per heavy atom. The summed E-state index contributed by atoms with van der Waals surface area (Å²) in [6.45, 7) is 3.22. The van der Waals surface area contributed by atoms with E-state index < -0.39 is 5.97 Å². The van der Waals surface area contributed by atoms with Crippen molar-refractivity contribution >= 4 is 35.1 Å². The van der Waals surface area contributed by atoms with E-state index in [1.54, 1.807) is 32.0 Å². The largest absolute Gasteiger partial charge is 0.480 e. The van der Waals surface area contributed by atoms with Gasteiger partial charge in [-0.1, -0.05) is 29.3 Å². The second-order valence-electron chi connectivity index (χ2n) is 4.42. The van der Waals surface area contributed by atoms with Crippen LogP contribution < -0.4 is 0 Å². The molecule has 0 bridgehead atoms. The number of carbonyl (C=O) groups excluding carboxylic acids is 1. The summed E-state index contributed by atoms with van der Waals surface area (Å²) in [5.74, 6) is -1.31. The Kier molecular flexibility index (Phi) is 5.63. The summed E-state index contributed by atoms with van der Waals surface area (Å²) in [5, 5.41) is 9.70. The van der Waals surface area contributed by atoms with E-state index in [2.05, 4.69) is 0 Å². The van der Waals surface area contributed by atoms with Crippen molar-refractivity contribution in [3.05, 3.63) is 33.8 Å². The summed E-state index contributed by atoms with van der Waals surface area (Å²) in [6, 6.07) is 4.69. The molecule has 0 fully saturated rings. The zero-order valence-electron chi connectivity index (χ0n) is 10.7. The molecule has 1 aromatic rings. The Balaban J connectivity index is 2.84. The molecule has 1 amide bonds. The minimum Gasteiger partial charge on any atom is -0.480 e. The molecule has 0 aliphatic rings. The molecule has 0 atom stereocenters. The van der Waals surface area contributed by atoms with E-state index in [0.717, 1.165) is 0 Å². The van der Waals surface area contributed by atoms with Crippen LogP contribution in [0.25, 0.3) is 0 Å². The van der Waals surface area contributed by atoms with Crippen LogP contribution in [0.1, 0.15) is 19.4 Å². The molecule has 0 aliphatic carbocycles. The minimum absolute atomic E-state index is 0.0570. The summed E-state index contributed by atoms with van der Waals surface area (Å²) in [4.78, 5) is 24.1. The van der Waals surface area contributed by atoms with Crippen LogP contribution in [0.4, 0.5) is 0 Å². The number of amides is 1. The van der Waals surface area contributed by atoms with Gasteiger partial charge in [0.25, 0.3) is 0 Å². The van der Waals surface area contributed by atoms with Crippen molar-refractivity contribution in [1.82, 2.24) is 4.90 Å². The molecule has 0 radical (unpaired) electrons. The fraction of sp³-hybridized carbons (Fsp3) is 0.385. The third-order valence-corrected chi connectivity index (χ3v) is 3.19. The van der Waals surface area contributed by atoms with Crippen LogP contribution in [-0.4, -0.2) is 34.5 Å². The fourth-order valence-electron chi connectivity index (χ4n) is 1.63. The van der Waals surface area contributed by atoms with Crippen LogP contribution >= 0.6 is 23.2 Å².